The van der Waals surface area contributed by atoms with Crippen molar-refractivity contribution in [2.45, 2.75) is 31.8 Å². The van der Waals surface area contributed by atoms with Crippen molar-refractivity contribution in [3.05, 3.63) is 27.8 Å². The molecule has 6 nitrogen and oxygen atoms in total. The summed E-state index contributed by atoms with van der Waals surface area (Å²) in [5.74, 6) is 0. The average molecular weight is 306 g/mol. The second kappa shape index (κ2) is 5.57. The molecule has 7 heteroatoms. The number of nitro benzene ring substituents is 1. The highest BCUT2D eigenvalue weighted by atomic mass is 32.1. The minimum absolute atomic E-state index is 0.0975. The largest absolute Gasteiger partial charge is 0.377 e. The fourth-order valence-electron chi connectivity index (χ4n) is 2.86. The van der Waals surface area contributed by atoms with Gasteiger partial charge in [-0.2, -0.15) is 0 Å². The Bertz CT molecular complexity index is 672. The summed E-state index contributed by atoms with van der Waals surface area (Å²) in [7, 11) is 2.12. The molecule has 2 unspecified atom stereocenters. The molecule has 1 saturated heterocycles. The molecule has 2 heterocycles. The Labute approximate surface area is 126 Å². The first-order chi connectivity index (χ1) is 10.1. The van der Waals surface area contributed by atoms with E-state index >= 15 is 0 Å². The van der Waals surface area contributed by atoms with Crippen LogP contribution in [0.3, 0.4) is 0 Å². The van der Waals surface area contributed by atoms with Crippen LogP contribution in [0, 0.1) is 10.1 Å². The zero-order valence-electron chi connectivity index (χ0n) is 12.1. The third kappa shape index (κ3) is 2.71. The van der Waals surface area contributed by atoms with Gasteiger partial charge in [-0.1, -0.05) is 0 Å². The standard InChI is InChI=1S/C14H18N4O2S/c1-9-7-10(5-6-17(9)2)16-11-3-4-12-13(15-8-21-12)14(11)18(19)20/h3-4,8-10,16H,5-7H2,1-2H3. The summed E-state index contributed by atoms with van der Waals surface area (Å²) < 4.78 is 0.851. The molecular formula is C14H18N4O2S. The van der Waals surface area contributed by atoms with Gasteiger partial charge in [-0.15, -0.1) is 11.3 Å². The van der Waals surface area contributed by atoms with Gasteiger partial charge in [-0.05, 0) is 38.9 Å². The highest BCUT2D eigenvalue weighted by Gasteiger charge is 2.26. The van der Waals surface area contributed by atoms with Crippen LogP contribution in [0.15, 0.2) is 17.6 Å². The third-order valence-corrected chi connectivity index (χ3v) is 5.02. The Balaban J connectivity index is 1.90. The zero-order valence-corrected chi connectivity index (χ0v) is 12.9. The molecule has 0 spiro atoms. The molecule has 21 heavy (non-hydrogen) atoms. The summed E-state index contributed by atoms with van der Waals surface area (Å²) in [4.78, 5) is 17.5. The van der Waals surface area contributed by atoms with E-state index in [9.17, 15) is 10.1 Å². The van der Waals surface area contributed by atoms with Crippen molar-refractivity contribution in [1.82, 2.24) is 9.88 Å². The second-order valence-corrected chi connectivity index (χ2v) is 6.50. The van der Waals surface area contributed by atoms with Crippen LogP contribution in [0.5, 0.6) is 0 Å². The summed E-state index contributed by atoms with van der Waals surface area (Å²) in [6.07, 6.45) is 1.98. The van der Waals surface area contributed by atoms with E-state index < -0.39 is 0 Å². The van der Waals surface area contributed by atoms with Gasteiger partial charge in [0.1, 0.15) is 5.69 Å². The lowest BCUT2D eigenvalue weighted by Crippen LogP contribution is -2.42. The predicted molar refractivity (Wildman–Crippen MR) is 85.0 cm³/mol. The van der Waals surface area contributed by atoms with E-state index in [0.717, 1.165) is 24.1 Å². The molecule has 1 aliphatic heterocycles. The zero-order chi connectivity index (χ0) is 15.0. The minimum Gasteiger partial charge on any atom is -0.377 e. The summed E-state index contributed by atoms with van der Waals surface area (Å²) in [6.45, 7) is 3.19. The number of benzene rings is 1. The van der Waals surface area contributed by atoms with Crippen LogP contribution in [-0.2, 0) is 0 Å². The predicted octanol–water partition coefficient (Wildman–Crippen LogP) is 3.10. The maximum Gasteiger partial charge on any atom is 0.319 e. The van der Waals surface area contributed by atoms with Crippen LogP contribution >= 0.6 is 11.3 Å². The highest BCUT2D eigenvalue weighted by molar-refractivity contribution is 7.16. The third-order valence-electron chi connectivity index (χ3n) is 4.23. The number of piperidine rings is 1. The summed E-state index contributed by atoms with van der Waals surface area (Å²) >= 11 is 1.42. The van der Waals surface area contributed by atoms with Crippen LogP contribution in [-0.4, -0.2) is 40.5 Å². The molecule has 0 amide bonds. The molecule has 3 rings (SSSR count). The van der Waals surface area contributed by atoms with Crippen LogP contribution in [0.25, 0.3) is 10.2 Å². The molecule has 2 atom stereocenters. The number of nitrogens with zero attached hydrogens (tertiary/aromatic N) is 3. The number of likely N-dealkylation sites (tertiary alicyclic amines) is 1. The molecule has 1 aliphatic rings. The van der Waals surface area contributed by atoms with Gasteiger partial charge >= 0.3 is 5.69 Å². The van der Waals surface area contributed by atoms with Gasteiger partial charge in [0.05, 0.1) is 15.1 Å². The molecular weight excluding hydrogens is 288 g/mol. The lowest BCUT2D eigenvalue weighted by molar-refractivity contribution is -0.382. The molecule has 0 bridgehead atoms. The minimum atomic E-state index is -0.331. The van der Waals surface area contributed by atoms with Crippen LogP contribution in [0.1, 0.15) is 19.8 Å². The summed E-state index contributed by atoms with van der Waals surface area (Å²) in [5.41, 5.74) is 2.82. The van der Waals surface area contributed by atoms with E-state index in [4.69, 9.17) is 0 Å². The van der Waals surface area contributed by atoms with Crippen LogP contribution in [0.2, 0.25) is 0 Å². The van der Waals surface area contributed by atoms with Gasteiger partial charge < -0.3 is 10.2 Å². The smallest absolute Gasteiger partial charge is 0.319 e. The van der Waals surface area contributed by atoms with Gasteiger partial charge in [0.2, 0.25) is 0 Å². The van der Waals surface area contributed by atoms with Gasteiger partial charge in [-0.3, -0.25) is 10.1 Å². The monoisotopic (exact) mass is 306 g/mol. The average Bonchev–Trinajstić information content (AvgIpc) is 2.90. The normalized spacial score (nSPS) is 23.3. The van der Waals surface area contributed by atoms with Gasteiger partial charge in [0, 0.05) is 18.6 Å². The second-order valence-electron chi connectivity index (χ2n) is 5.61. The van der Waals surface area contributed by atoms with Crippen molar-refractivity contribution in [2.75, 3.05) is 18.9 Å². The molecule has 0 aliphatic carbocycles. The number of nitrogens with one attached hydrogen (secondary N) is 1. The van der Waals surface area contributed by atoms with E-state index in [1.165, 1.54) is 11.3 Å². The van der Waals surface area contributed by atoms with Gasteiger partial charge in [-0.25, -0.2) is 4.98 Å². The molecule has 0 saturated carbocycles. The Morgan fingerprint density at radius 2 is 2.33 bits per heavy atom. The topological polar surface area (TPSA) is 71.3 Å². The quantitative estimate of drug-likeness (QED) is 0.697. The van der Waals surface area contributed by atoms with Gasteiger partial charge in [0.15, 0.2) is 5.52 Å². The fourth-order valence-corrected chi connectivity index (χ4v) is 3.54. The number of aromatic nitrogens is 1. The maximum absolute atomic E-state index is 11.4. The van der Waals surface area contributed by atoms with Gasteiger partial charge in [0.25, 0.3) is 0 Å². The maximum atomic E-state index is 11.4. The lowest BCUT2D eigenvalue weighted by atomic mass is 9.98. The lowest BCUT2D eigenvalue weighted by Gasteiger charge is -2.35. The summed E-state index contributed by atoms with van der Waals surface area (Å²) in [5, 5.41) is 14.8. The molecule has 1 aromatic heterocycles. The Morgan fingerprint density at radius 1 is 1.52 bits per heavy atom. The molecule has 0 radical (unpaired) electrons. The molecule has 2 aromatic rings. The number of hydrogen-bond acceptors (Lipinski definition) is 6. The number of rotatable bonds is 3. The SMILES string of the molecule is CC1CC(Nc2ccc3scnc3c2[N+](=O)[O-])CCN1C. The van der Waals surface area contributed by atoms with Crippen molar-refractivity contribution < 1.29 is 4.92 Å². The molecule has 112 valence electrons. The Morgan fingerprint density at radius 3 is 3.05 bits per heavy atom. The number of anilines is 1. The van der Waals surface area contributed by atoms with E-state index in [-0.39, 0.29) is 16.7 Å². The first kappa shape index (κ1) is 14.2. The Kier molecular flexibility index (Phi) is 3.77. The van der Waals surface area contributed by atoms with Crippen molar-refractivity contribution >= 4 is 32.9 Å². The first-order valence-corrected chi connectivity index (χ1v) is 7.91. The number of fused-ring (bicyclic) bond motifs is 1. The van der Waals surface area contributed by atoms with E-state index in [0.29, 0.717) is 17.2 Å². The number of hydrogen-bond donors (Lipinski definition) is 1. The molecule has 1 N–H and O–H groups in total. The first-order valence-electron chi connectivity index (χ1n) is 7.03. The Hall–Kier alpha value is -1.73. The molecule has 1 fully saturated rings. The molecule has 1 aromatic carbocycles. The van der Waals surface area contributed by atoms with Crippen molar-refractivity contribution in [1.29, 1.82) is 0 Å². The number of thiazole rings is 1. The van der Waals surface area contributed by atoms with Crippen molar-refractivity contribution in [3.8, 4) is 0 Å². The van der Waals surface area contributed by atoms with E-state index in [1.54, 1.807) is 5.51 Å². The van der Waals surface area contributed by atoms with E-state index in [1.807, 2.05) is 12.1 Å². The fraction of sp³-hybridized carbons (Fsp3) is 0.500. The van der Waals surface area contributed by atoms with E-state index in [2.05, 4.69) is 29.2 Å². The van der Waals surface area contributed by atoms with Crippen LogP contribution in [0.4, 0.5) is 11.4 Å². The highest BCUT2D eigenvalue weighted by Crippen LogP contribution is 2.35. The van der Waals surface area contributed by atoms with Crippen LogP contribution < -0.4 is 5.32 Å². The van der Waals surface area contributed by atoms with Crippen molar-refractivity contribution in [3.63, 3.8) is 0 Å². The number of nitro groups is 1. The van der Waals surface area contributed by atoms with Crippen molar-refractivity contribution in [2.24, 2.45) is 0 Å². The summed E-state index contributed by atoms with van der Waals surface area (Å²) in [6, 6.07) is 4.46.